The summed E-state index contributed by atoms with van der Waals surface area (Å²) in [5.74, 6) is 0. The molecule has 2 heterocycles. The molecule has 5 aromatic rings. The van der Waals surface area contributed by atoms with Gasteiger partial charge in [-0.25, -0.2) is 9.36 Å². The lowest BCUT2D eigenvalue weighted by Crippen LogP contribution is -2.08. The van der Waals surface area contributed by atoms with E-state index in [9.17, 15) is 10.5 Å². The third-order valence-corrected chi connectivity index (χ3v) is 4.52. The summed E-state index contributed by atoms with van der Waals surface area (Å²) in [6.07, 6.45) is 0. The van der Waals surface area contributed by atoms with Crippen LogP contribution in [-0.4, -0.2) is 30.0 Å². The van der Waals surface area contributed by atoms with Gasteiger partial charge in [-0.15, -0.1) is 10.2 Å². The summed E-state index contributed by atoms with van der Waals surface area (Å²) in [6, 6.07) is 22.5. The molecule has 0 spiro atoms. The Morgan fingerprint density at radius 3 is 1.50 bits per heavy atom. The first-order valence-corrected chi connectivity index (χ1v) is 8.40. The SMILES string of the molecule is N#Cc1cc(-n2nnc3ccccc32)c(-n2nnc3ccccc32)cc1C#N. The molecular weight excluding hydrogens is 352 g/mol. The van der Waals surface area contributed by atoms with Crippen LogP contribution in [0.4, 0.5) is 0 Å². The van der Waals surface area contributed by atoms with Gasteiger partial charge in [0, 0.05) is 0 Å². The lowest BCUT2D eigenvalue weighted by molar-refractivity contribution is 0.782. The van der Waals surface area contributed by atoms with Crippen LogP contribution < -0.4 is 0 Å². The van der Waals surface area contributed by atoms with Crippen molar-refractivity contribution in [2.45, 2.75) is 0 Å². The molecule has 0 aliphatic rings. The lowest BCUT2D eigenvalue weighted by Gasteiger charge is -2.12. The van der Waals surface area contributed by atoms with Gasteiger partial charge in [-0.3, -0.25) is 0 Å². The first kappa shape index (κ1) is 15.7. The molecule has 3 aromatic carbocycles. The first-order valence-electron chi connectivity index (χ1n) is 8.40. The van der Waals surface area contributed by atoms with Gasteiger partial charge in [0.2, 0.25) is 0 Å². The number of aromatic nitrogens is 6. The van der Waals surface area contributed by atoms with Crippen LogP contribution in [0.15, 0.2) is 60.7 Å². The summed E-state index contributed by atoms with van der Waals surface area (Å²) < 4.78 is 3.28. The molecule has 0 aliphatic carbocycles. The largest absolute Gasteiger partial charge is 0.211 e. The van der Waals surface area contributed by atoms with Crippen molar-refractivity contribution in [3.8, 4) is 23.5 Å². The summed E-state index contributed by atoms with van der Waals surface area (Å²) in [5, 5.41) is 35.9. The Labute approximate surface area is 158 Å². The fraction of sp³-hybridized carbons (Fsp3) is 0. The van der Waals surface area contributed by atoms with E-state index in [1.165, 1.54) is 0 Å². The Morgan fingerprint density at radius 2 is 1.07 bits per heavy atom. The van der Waals surface area contributed by atoms with Crippen molar-refractivity contribution in [2.24, 2.45) is 0 Å². The summed E-state index contributed by atoms with van der Waals surface area (Å²) in [4.78, 5) is 0. The van der Waals surface area contributed by atoms with Crippen molar-refractivity contribution >= 4 is 22.1 Å². The first-order chi connectivity index (χ1) is 13.8. The minimum Gasteiger partial charge on any atom is -0.211 e. The van der Waals surface area contributed by atoms with Crippen molar-refractivity contribution in [3.63, 3.8) is 0 Å². The lowest BCUT2D eigenvalue weighted by atomic mass is 10.1. The van der Waals surface area contributed by atoms with E-state index in [2.05, 4.69) is 32.8 Å². The van der Waals surface area contributed by atoms with E-state index in [4.69, 9.17) is 0 Å². The quantitative estimate of drug-likeness (QED) is 0.478. The summed E-state index contributed by atoms with van der Waals surface area (Å²) in [7, 11) is 0. The van der Waals surface area contributed by atoms with Crippen LogP contribution in [0, 0.1) is 22.7 Å². The van der Waals surface area contributed by atoms with Crippen LogP contribution in [0.3, 0.4) is 0 Å². The minimum atomic E-state index is 0.255. The van der Waals surface area contributed by atoms with E-state index in [1.54, 1.807) is 21.5 Å². The second-order valence-electron chi connectivity index (χ2n) is 6.09. The van der Waals surface area contributed by atoms with Gasteiger partial charge in [-0.2, -0.15) is 10.5 Å². The highest BCUT2D eigenvalue weighted by Gasteiger charge is 2.18. The summed E-state index contributed by atoms with van der Waals surface area (Å²) >= 11 is 0. The normalized spacial score (nSPS) is 10.8. The molecule has 0 amide bonds. The van der Waals surface area contributed by atoms with Gasteiger partial charge in [0.1, 0.15) is 23.2 Å². The zero-order valence-electron chi connectivity index (χ0n) is 14.4. The van der Waals surface area contributed by atoms with Crippen molar-refractivity contribution < 1.29 is 0 Å². The molecule has 0 fully saturated rings. The van der Waals surface area contributed by atoms with Crippen LogP contribution >= 0.6 is 0 Å². The Morgan fingerprint density at radius 1 is 0.643 bits per heavy atom. The van der Waals surface area contributed by atoms with E-state index in [0.717, 1.165) is 22.1 Å². The number of nitriles is 2. The Hall–Kier alpha value is -4.56. The van der Waals surface area contributed by atoms with Crippen molar-refractivity contribution in [2.75, 3.05) is 0 Å². The summed E-state index contributed by atoms with van der Waals surface area (Å²) in [6.45, 7) is 0. The van der Waals surface area contributed by atoms with Gasteiger partial charge in [0.15, 0.2) is 0 Å². The van der Waals surface area contributed by atoms with E-state index in [0.29, 0.717) is 11.4 Å². The number of hydrogen-bond donors (Lipinski definition) is 0. The highest BCUT2D eigenvalue weighted by Crippen LogP contribution is 2.27. The third-order valence-electron chi connectivity index (χ3n) is 4.52. The highest BCUT2D eigenvalue weighted by atomic mass is 15.5. The number of fused-ring (bicyclic) bond motifs is 2. The smallest absolute Gasteiger partial charge is 0.113 e. The monoisotopic (exact) mass is 362 g/mol. The van der Waals surface area contributed by atoms with E-state index in [1.807, 2.05) is 48.5 Å². The molecule has 8 nitrogen and oxygen atoms in total. The molecule has 0 saturated heterocycles. The van der Waals surface area contributed by atoms with Gasteiger partial charge in [0.25, 0.3) is 0 Å². The predicted molar refractivity (Wildman–Crippen MR) is 101 cm³/mol. The van der Waals surface area contributed by atoms with E-state index >= 15 is 0 Å². The molecule has 0 aliphatic heterocycles. The van der Waals surface area contributed by atoms with Gasteiger partial charge >= 0.3 is 0 Å². The molecule has 0 atom stereocenters. The van der Waals surface area contributed by atoms with Crippen LogP contribution in [0.1, 0.15) is 11.1 Å². The summed E-state index contributed by atoms with van der Waals surface area (Å²) in [5.41, 5.74) is 4.68. The maximum atomic E-state index is 9.50. The number of rotatable bonds is 2. The number of hydrogen-bond acceptors (Lipinski definition) is 6. The number of benzene rings is 3. The molecule has 0 radical (unpaired) electrons. The molecule has 130 valence electrons. The Bertz CT molecular complexity index is 1330. The predicted octanol–water partition coefficient (Wildman–Crippen LogP) is 2.90. The molecule has 2 aromatic heterocycles. The average Bonchev–Trinajstić information content (AvgIpc) is 3.37. The minimum absolute atomic E-state index is 0.255. The van der Waals surface area contributed by atoms with Crippen LogP contribution in [-0.2, 0) is 0 Å². The molecule has 0 N–H and O–H groups in total. The molecule has 0 unspecified atom stereocenters. The fourth-order valence-corrected chi connectivity index (χ4v) is 3.19. The molecular formula is C20H10N8. The number of nitrogens with zero attached hydrogens (tertiary/aromatic N) is 8. The second kappa shape index (κ2) is 6.01. The third kappa shape index (κ3) is 2.23. The molecule has 5 rings (SSSR count). The van der Waals surface area contributed by atoms with Gasteiger partial charge in [-0.05, 0) is 36.4 Å². The van der Waals surface area contributed by atoms with Gasteiger partial charge < -0.3 is 0 Å². The van der Waals surface area contributed by atoms with Crippen molar-refractivity contribution in [3.05, 3.63) is 71.8 Å². The maximum Gasteiger partial charge on any atom is 0.113 e. The van der Waals surface area contributed by atoms with Crippen LogP contribution in [0.25, 0.3) is 33.4 Å². The van der Waals surface area contributed by atoms with E-state index < -0.39 is 0 Å². The van der Waals surface area contributed by atoms with Crippen molar-refractivity contribution in [1.82, 2.24) is 30.0 Å². The maximum absolute atomic E-state index is 9.50. The zero-order chi connectivity index (χ0) is 19.1. The topological polar surface area (TPSA) is 109 Å². The zero-order valence-corrected chi connectivity index (χ0v) is 14.4. The van der Waals surface area contributed by atoms with Crippen molar-refractivity contribution in [1.29, 1.82) is 10.5 Å². The standard InChI is InChI=1S/C20H10N8/c21-11-13-9-19(27-17-7-3-1-5-15(17)23-25-27)20(10-14(13)12-22)28-18-8-4-2-6-16(18)24-26-28/h1-10H. The highest BCUT2D eigenvalue weighted by molar-refractivity contribution is 5.80. The molecule has 8 heteroatoms. The average molecular weight is 362 g/mol. The van der Waals surface area contributed by atoms with E-state index in [-0.39, 0.29) is 11.1 Å². The van der Waals surface area contributed by atoms with Crippen LogP contribution in [0.5, 0.6) is 0 Å². The fourth-order valence-electron chi connectivity index (χ4n) is 3.19. The van der Waals surface area contributed by atoms with Gasteiger partial charge in [-0.1, -0.05) is 34.7 Å². The molecule has 28 heavy (non-hydrogen) atoms. The number of para-hydroxylation sites is 2. The molecule has 0 saturated carbocycles. The Kier molecular flexibility index (Phi) is 3.36. The van der Waals surface area contributed by atoms with Gasteiger partial charge in [0.05, 0.1) is 33.5 Å². The second-order valence-corrected chi connectivity index (χ2v) is 6.09. The molecule has 0 bridgehead atoms. The van der Waals surface area contributed by atoms with Crippen LogP contribution in [0.2, 0.25) is 0 Å². The Balaban J connectivity index is 1.89.